The molecule has 0 bridgehead atoms. The van der Waals surface area contributed by atoms with Gasteiger partial charge in [-0.1, -0.05) is 27.7 Å². The summed E-state index contributed by atoms with van der Waals surface area (Å²) in [6.45, 7) is 9.01. The van der Waals surface area contributed by atoms with Gasteiger partial charge in [0.1, 0.15) is 17.9 Å². The van der Waals surface area contributed by atoms with Gasteiger partial charge in [0.05, 0.1) is 0 Å². The molecular formula is C12H21N3O. The Labute approximate surface area is 97.1 Å². The monoisotopic (exact) mass is 223 g/mol. The first kappa shape index (κ1) is 12.9. The van der Waals surface area contributed by atoms with Crippen LogP contribution in [-0.2, 0) is 17.8 Å². The largest absolute Gasteiger partial charge is 0.299 e. The predicted octanol–water partition coefficient (Wildman–Crippen LogP) is 2.09. The van der Waals surface area contributed by atoms with Gasteiger partial charge in [-0.15, -0.1) is 0 Å². The van der Waals surface area contributed by atoms with Crippen LogP contribution in [0.2, 0.25) is 0 Å². The summed E-state index contributed by atoms with van der Waals surface area (Å²) in [6.07, 6.45) is 2.86. The Morgan fingerprint density at radius 1 is 1.44 bits per heavy atom. The lowest BCUT2D eigenvalue weighted by molar-refractivity contribution is -0.122. The van der Waals surface area contributed by atoms with Gasteiger partial charge in [0, 0.05) is 25.3 Å². The summed E-state index contributed by atoms with van der Waals surface area (Å²) in [6, 6.07) is 0. The number of hydrogen-bond acceptors (Lipinski definition) is 3. The Morgan fingerprint density at radius 2 is 2.12 bits per heavy atom. The lowest BCUT2D eigenvalue weighted by atomic mass is 10.0. The maximum absolute atomic E-state index is 11.5. The highest BCUT2D eigenvalue weighted by Crippen LogP contribution is 2.10. The normalized spacial score (nSPS) is 13.1. The zero-order chi connectivity index (χ0) is 12.1. The van der Waals surface area contributed by atoms with Crippen LogP contribution < -0.4 is 0 Å². The van der Waals surface area contributed by atoms with Gasteiger partial charge < -0.3 is 0 Å². The van der Waals surface area contributed by atoms with Crippen molar-refractivity contribution in [3.05, 3.63) is 12.2 Å². The van der Waals surface area contributed by atoms with E-state index in [0.717, 1.165) is 12.4 Å². The van der Waals surface area contributed by atoms with Crippen LogP contribution in [0.25, 0.3) is 0 Å². The first-order valence-corrected chi connectivity index (χ1v) is 5.94. The summed E-state index contributed by atoms with van der Waals surface area (Å²) >= 11 is 0. The second kappa shape index (κ2) is 5.77. The second-order valence-corrected chi connectivity index (χ2v) is 4.68. The molecule has 0 saturated carbocycles. The van der Waals surface area contributed by atoms with Gasteiger partial charge in [-0.2, -0.15) is 5.10 Å². The number of nitrogens with zero attached hydrogens (tertiary/aromatic N) is 3. The van der Waals surface area contributed by atoms with Crippen molar-refractivity contribution in [2.24, 2.45) is 11.8 Å². The van der Waals surface area contributed by atoms with E-state index in [1.807, 2.05) is 18.5 Å². The Balaban J connectivity index is 2.66. The summed E-state index contributed by atoms with van der Waals surface area (Å²) in [5, 5.41) is 4.19. The van der Waals surface area contributed by atoms with Crippen LogP contribution in [0.1, 0.15) is 39.9 Å². The van der Waals surface area contributed by atoms with Crippen molar-refractivity contribution in [1.29, 1.82) is 0 Å². The van der Waals surface area contributed by atoms with Crippen molar-refractivity contribution in [3.8, 4) is 0 Å². The number of hydrogen-bond donors (Lipinski definition) is 0. The summed E-state index contributed by atoms with van der Waals surface area (Å²) in [5.41, 5.74) is 0. The standard InChI is InChI=1S/C12H21N3O/c1-5-11(16)10(4)6-12-13-8-14-15(12)7-9(2)3/h8-10H,5-7H2,1-4H3. The molecule has 0 radical (unpaired) electrons. The van der Waals surface area contributed by atoms with E-state index in [2.05, 4.69) is 23.9 Å². The smallest absolute Gasteiger partial charge is 0.138 e. The number of Topliss-reactive ketones (excluding diaryl/α,β-unsaturated/α-hetero) is 1. The van der Waals surface area contributed by atoms with Gasteiger partial charge in [-0.05, 0) is 5.92 Å². The van der Waals surface area contributed by atoms with Gasteiger partial charge >= 0.3 is 0 Å². The highest BCUT2D eigenvalue weighted by molar-refractivity contribution is 5.80. The van der Waals surface area contributed by atoms with Crippen molar-refractivity contribution < 1.29 is 4.79 Å². The van der Waals surface area contributed by atoms with E-state index >= 15 is 0 Å². The summed E-state index contributed by atoms with van der Waals surface area (Å²) < 4.78 is 1.91. The van der Waals surface area contributed by atoms with E-state index in [9.17, 15) is 4.79 Å². The molecule has 1 unspecified atom stereocenters. The SMILES string of the molecule is CCC(=O)C(C)Cc1ncnn1CC(C)C. The van der Waals surface area contributed by atoms with Crippen molar-refractivity contribution >= 4 is 5.78 Å². The molecule has 4 heteroatoms. The molecular weight excluding hydrogens is 202 g/mol. The van der Waals surface area contributed by atoms with Crippen LogP contribution in [0.15, 0.2) is 6.33 Å². The minimum atomic E-state index is 0.0418. The summed E-state index contributed by atoms with van der Waals surface area (Å²) in [5.74, 6) is 1.79. The van der Waals surface area contributed by atoms with Crippen LogP contribution in [0, 0.1) is 11.8 Å². The van der Waals surface area contributed by atoms with Gasteiger partial charge in [0.15, 0.2) is 0 Å². The molecule has 90 valence electrons. The topological polar surface area (TPSA) is 47.8 Å². The Bertz CT molecular complexity index is 344. The third-order valence-electron chi connectivity index (χ3n) is 2.62. The molecule has 1 aromatic heterocycles. The average Bonchev–Trinajstić information content (AvgIpc) is 2.63. The van der Waals surface area contributed by atoms with Crippen LogP contribution in [0.3, 0.4) is 0 Å². The van der Waals surface area contributed by atoms with Gasteiger partial charge in [0.2, 0.25) is 0 Å². The molecule has 0 N–H and O–H groups in total. The fraction of sp³-hybridized carbons (Fsp3) is 0.750. The third kappa shape index (κ3) is 3.43. The Morgan fingerprint density at radius 3 is 2.69 bits per heavy atom. The molecule has 16 heavy (non-hydrogen) atoms. The number of carbonyl (C=O) groups excluding carboxylic acids is 1. The molecule has 0 amide bonds. The zero-order valence-corrected chi connectivity index (χ0v) is 10.6. The first-order chi connectivity index (χ1) is 7.54. The average molecular weight is 223 g/mol. The molecule has 0 saturated heterocycles. The van der Waals surface area contributed by atoms with Crippen molar-refractivity contribution in [2.45, 2.75) is 47.1 Å². The third-order valence-corrected chi connectivity index (χ3v) is 2.62. The summed E-state index contributed by atoms with van der Waals surface area (Å²) in [4.78, 5) is 15.7. The highest BCUT2D eigenvalue weighted by atomic mass is 16.1. The molecule has 0 aliphatic rings. The van der Waals surface area contributed by atoms with E-state index in [4.69, 9.17) is 0 Å². The maximum Gasteiger partial charge on any atom is 0.138 e. The van der Waals surface area contributed by atoms with Crippen molar-refractivity contribution in [1.82, 2.24) is 14.8 Å². The van der Waals surface area contributed by atoms with E-state index in [0.29, 0.717) is 24.5 Å². The fourth-order valence-electron chi connectivity index (χ4n) is 1.68. The fourth-order valence-corrected chi connectivity index (χ4v) is 1.68. The lowest BCUT2D eigenvalue weighted by Gasteiger charge is -2.11. The van der Waals surface area contributed by atoms with Crippen LogP contribution in [-0.4, -0.2) is 20.5 Å². The maximum atomic E-state index is 11.5. The first-order valence-electron chi connectivity index (χ1n) is 5.94. The lowest BCUT2D eigenvalue weighted by Crippen LogP contribution is -2.17. The predicted molar refractivity (Wildman–Crippen MR) is 63.0 cm³/mol. The van der Waals surface area contributed by atoms with Crippen LogP contribution in [0.5, 0.6) is 0 Å². The quantitative estimate of drug-likeness (QED) is 0.742. The van der Waals surface area contributed by atoms with Crippen LogP contribution >= 0.6 is 0 Å². The molecule has 1 heterocycles. The number of ketones is 1. The Hall–Kier alpha value is -1.19. The van der Waals surface area contributed by atoms with Crippen LogP contribution in [0.4, 0.5) is 0 Å². The molecule has 0 aliphatic heterocycles. The number of rotatable bonds is 6. The zero-order valence-electron chi connectivity index (χ0n) is 10.6. The molecule has 1 aromatic rings. The van der Waals surface area contributed by atoms with E-state index in [1.54, 1.807) is 6.33 Å². The molecule has 0 aromatic carbocycles. The minimum absolute atomic E-state index is 0.0418. The number of aromatic nitrogens is 3. The second-order valence-electron chi connectivity index (χ2n) is 4.68. The Kier molecular flexibility index (Phi) is 4.65. The molecule has 0 spiro atoms. The minimum Gasteiger partial charge on any atom is -0.299 e. The van der Waals surface area contributed by atoms with E-state index < -0.39 is 0 Å². The van der Waals surface area contributed by atoms with E-state index in [-0.39, 0.29) is 5.92 Å². The molecule has 1 rings (SSSR count). The molecule has 0 fully saturated rings. The van der Waals surface area contributed by atoms with Gasteiger partial charge in [-0.25, -0.2) is 9.67 Å². The van der Waals surface area contributed by atoms with Gasteiger partial charge in [0.25, 0.3) is 0 Å². The number of carbonyl (C=O) groups is 1. The molecule has 1 atom stereocenters. The molecule has 4 nitrogen and oxygen atoms in total. The van der Waals surface area contributed by atoms with Crippen molar-refractivity contribution in [3.63, 3.8) is 0 Å². The van der Waals surface area contributed by atoms with Crippen molar-refractivity contribution in [2.75, 3.05) is 0 Å². The molecule has 0 aliphatic carbocycles. The summed E-state index contributed by atoms with van der Waals surface area (Å²) in [7, 11) is 0. The van der Waals surface area contributed by atoms with E-state index in [1.165, 1.54) is 0 Å². The van der Waals surface area contributed by atoms with Gasteiger partial charge in [-0.3, -0.25) is 4.79 Å². The highest BCUT2D eigenvalue weighted by Gasteiger charge is 2.15.